The van der Waals surface area contributed by atoms with Crippen molar-refractivity contribution in [2.45, 2.75) is 24.9 Å². The van der Waals surface area contributed by atoms with Gasteiger partial charge in [-0.25, -0.2) is 0 Å². The molecule has 0 aliphatic carbocycles. The molecule has 0 aromatic heterocycles. The van der Waals surface area contributed by atoms with Gasteiger partial charge in [0.25, 0.3) is 0 Å². The Balaban J connectivity index is 0.00000196. The van der Waals surface area contributed by atoms with Gasteiger partial charge in [0.2, 0.25) is 5.91 Å². The van der Waals surface area contributed by atoms with Gasteiger partial charge in [0.05, 0.1) is 25.3 Å². The zero-order valence-corrected chi connectivity index (χ0v) is 18.2. The lowest BCUT2D eigenvalue weighted by atomic mass is 9.92. The van der Waals surface area contributed by atoms with E-state index in [-0.39, 0.29) is 42.7 Å². The highest BCUT2D eigenvalue weighted by Gasteiger charge is 2.28. The average molecular weight is 455 g/mol. The fourth-order valence-corrected chi connectivity index (χ4v) is 3.76. The maximum atomic E-state index is 12.6. The van der Waals surface area contributed by atoms with Gasteiger partial charge in [-0.05, 0) is 36.5 Å². The van der Waals surface area contributed by atoms with Crippen LogP contribution >= 0.6 is 36.4 Å². The van der Waals surface area contributed by atoms with E-state index >= 15 is 0 Å². The van der Waals surface area contributed by atoms with Crippen molar-refractivity contribution in [3.05, 3.63) is 34.9 Å². The number of rotatable bonds is 6. The average Bonchev–Trinajstić information content (AvgIpc) is 2.70. The minimum absolute atomic E-state index is 0. The molecule has 1 amide bonds. The largest absolute Gasteiger partial charge is 0.381 e. The Morgan fingerprint density at radius 2 is 1.68 bits per heavy atom. The first kappa shape index (κ1) is 25.4. The lowest BCUT2D eigenvalue weighted by Gasteiger charge is -2.35. The molecule has 2 unspecified atom stereocenters. The Bertz CT molecular complexity index is 580. The predicted molar refractivity (Wildman–Crippen MR) is 116 cm³/mol. The van der Waals surface area contributed by atoms with Crippen molar-refractivity contribution in [2.24, 2.45) is 11.7 Å². The molecule has 9 heteroatoms. The topological polar surface area (TPSA) is 76.8 Å². The molecule has 2 fully saturated rings. The standard InChI is InChI=1S/C19H28ClN3O3.2ClH/c20-16-3-1-14(2-4-16)17(23-7-11-26-12-8-23)13-22-19(24)18(21)15-5-9-25-10-6-15;;/h1-4,15,17-18H,5-13,21H2,(H,22,24);2*1H. The third kappa shape index (κ3) is 7.02. The molecular formula is C19H30Cl3N3O3. The van der Waals surface area contributed by atoms with E-state index in [0.29, 0.717) is 38.0 Å². The maximum absolute atomic E-state index is 12.6. The van der Waals surface area contributed by atoms with Gasteiger partial charge in [-0.15, -0.1) is 24.8 Å². The van der Waals surface area contributed by atoms with Crippen molar-refractivity contribution in [2.75, 3.05) is 46.1 Å². The van der Waals surface area contributed by atoms with Gasteiger partial charge < -0.3 is 20.5 Å². The molecule has 28 heavy (non-hydrogen) atoms. The maximum Gasteiger partial charge on any atom is 0.237 e. The summed E-state index contributed by atoms with van der Waals surface area (Å²) in [4.78, 5) is 14.9. The molecule has 0 bridgehead atoms. The van der Waals surface area contributed by atoms with Crippen molar-refractivity contribution < 1.29 is 14.3 Å². The van der Waals surface area contributed by atoms with Crippen molar-refractivity contribution in [1.29, 1.82) is 0 Å². The number of hydrogen-bond acceptors (Lipinski definition) is 5. The zero-order chi connectivity index (χ0) is 18.4. The van der Waals surface area contributed by atoms with Gasteiger partial charge in [-0.2, -0.15) is 0 Å². The number of amides is 1. The van der Waals surface area contributed by atoms with Crippen molar-refractivity contribution in [3.8, 4) is 0 Å². The molecule has 0 radical (unpaired) electrons. The van der Waals surface area contributed by atoms with Crippen LogP contribution in [0, 0.1) is 5.92 Å². The molecular weight excluding hydrogens is 425 g/mol. The summed E-state index contributed by atoms with van der Waals surface area (Å²) >= 11 is 6.03. The fraction of sp³-hybridized carbons (Fsp3) is 0.632. The SMILES string of the molecule is Cl.Cl.NC(C(=O)NCC(c1ccc(Cl)cc1)N1CCOCC1)C1CCOCC1. The Hall–Kier alpha value is -0.600. The second kappa shape index (κ2) is 12.9. The Morgan fingerprint density at radius 1 is 1.11 bits per heavy atom. The van der Waals surface area contributed by atoms with Gasteiger partial charge in [-0.1, -0.05) is 23.7 Å². The van der Waals surface area contributed by atoms with Crippen molar-refractivity contribution in [1.82, 2.24) is 10.2 Å². The molecule has 160 valence electrons. The Labute approximate surface area is 184 Å². The smallest absolute Gasteiger partial charge is 0.237 e. The van der Waals surface area contributed by atoms with E-state index in [1.165, 1.54) is 0 Å². The number of nitrogens with two attached hydrogens (primary N) is 1. The molecule has 2 saturated heterocycles. The number of nitrogens with one attached hydrogen (secondary N) is 1. The van der Waals surface area contributed by atoms with Crippen LogP contribution in [0.2, 0.25) is 5.02 Å². The lowest BCUT2D eigenvalue weighted by molar-refractivity contribution is -0.124. The van der Waals surface area contributed by atoms with Gasteiger partial charge in [0.15, 0.2) is 0 Å². The molecule has 2 aliphatic rings. The van der Waals surface area contributed by atoms with Crippen LogP contribution in [0.15, 0.2) is 24.3 Å². The normalized spacial score (nSPS) is 20.4. The number of halogens is 3. The third-order valence-corrected chi connectivity index (χ3v) is 5.54. The summed E-state index contributed by atoms with van der Waals surface area (Å²) in [5.74, 6) is 0.116. The summed E-state index contributed by atoms with van der Waals surface area (Å²) in [5.41, 5.74) is 7.33. The monoisotopic (exact) mass is 453 g/mol. The minimum atomic E-state index is -0.477. The van der Waals surface area contributed by atoms with E-state index in [4.69, 9.17) is 26.8 Å². The van der Waals surface area contributed by atoms with Crippen LogP contribution in [0.4, 0.5) is 0 Å². The number of carbonyl (C=O) groups excluding carboxylic acids is 1. The van der Waals surface area contributed by atoms with Crippen LogP contribution in [-0.4, -0.2) is 62.9 Å². The van der Waals surface area contributed by atoms with Crippen LogP contribution in [0.25, 0.3) is 0 Å². The first-order valence-corrected chi connectivity index (χ1v) is 9.71. The molecule has 2 atom stereocenters. The fourth-order valence-electron chi connectivity index (χ4n) is 3.64. The molecule has 3 rings (SSSR count). The molecule has 2 heterocycles. The van der Waals surface area contributed by atoms with Crippen LogP contribution in [0.1, 0.15) is 24.4 Å². The molecule has 2 aliphatic heterocycles. The molecule has 0 spiro atoms. The van der Waals surface area contributed by atoms with Crippen LogP contribution in [0.3, 0.4) is 0 Å². The number of nitrogens with zero attached hydrogens (tertiary/aromatic N) is 1. The van der Waals surface area contributed by atoms with E-state index in [2.05, 4.69) is 10.2 Å². The Morgan fingerprint density at radius 3 is 2.29 bits per heavy atom. The molecule has 6 nitrogen and oxygen atoms in total. The lowest BCUT2D eigenvalue weighted by Crippen LogP contribution is -2.50. The quantitative estimate of drug-likeness (QED) is 0.690. The first-order valence-electron chi connectivity index (χ1n) is 9.33. The van der Waals surface area contributed by atoms with Crippen molar-refractivity contribution in [3.63, 3.8) is 0 Å². The first-order chi connectivity index (χ1) is 12.6. The summed E-state index contributed by atoms with van der Waals surface area (Å²) < 4.78 is 10.8. The summed E-state index contributed by atoms with van der Waals surface area (Å²) in [7, 11) is 0. The van der Waals surface area contributed by atoms with Gasteiger partial charge in [0, 0.05) is 37.9 Å². The highest BCUT2D eigenvalue weighted by atomic mass is 35.5. The van der Waals surface area contributed by atoms with Gasteiger partial charge in [-0.3, -0.25) is 9.69 Å². The molecule has 1 aromatic carbocycles. The van der Waals surface area contributed by atoms with Gasteiger partial charge in [0.1, 0.15) is 0 Å². The van der Waals surface area contributed by atoms with E-state index in [9.17, 15) is 4.79 Å². The minimum Gasteiger partial charge on any atom is -0.381 e. The van der Waals surface area contributed by atoms with Crippen LogP contribution in [0.5, 0.6) is 0 Å². The second-order valence-electron chi connectivity index (χ2n) is 6.94. The van der Waals surface area contributed by atoms with Crippen molar-refractivity contribution >= 4 is 42.3 Å². The van der Waals surface area contributed by atoms with E-state index in [1.54, 1.807) is 0 Å². The van der Waals surface area contributed by atoms with E-state index in [1.807, 2.05) is 24.3 Å². The third-order valence-electron chi connectivity index (χ3n) is 5.29. The van der Waals surface area contributed by atoms with Crippen LogP contribution in [-0.2, 0) is 14.3 Å². The highest BCUT2D eigenvalue weighted by molar-refractivity contribution is 6.30. The summed E-state index contributed by atoms with van der Waals surface area (Å²) in [5, 5.41) is 3.78. The van der Waals surface area contributed by atoms with Crippen LogP contribution < -0.4 is 11.1 Å². The number of ether oxygens (including phenoxy) is 2. The highest BCUT2D eigenvalue weighted by Crippen LogP contribution is 2.23. The summed E-state index contributed by atoms with van der Waals surface area (Å²) in [6, 6.07) is 7.43. The number of hydrogen-bond donors (Lipinski definition) is 2. The summed E-state index contributed by atoms with van der Waals surface area (Å²) in [6.07, 6.45) is 1.69. The van der Waals surface area contributed by atoms with E-state index < -0.39 is 6.04 Å². The Kier molecular flexibility index (Phi) is 11.7. The molecule has 1 aromatic rings. The number of carbonyl (C=O) groups is 1. The predicted octanol–water partition coefficient (Wildman–Crippen LogP) is 2.43. The molecule has 3 N–H and O–H groups in total. The number of morpholine rings is 1. The van der Waals surface area contributed by atoms with Gasteiger partial charge >= 0.3 is 0 Å². The number of benzene rings is 1. The van der Waals surface area contributed by atoms with E-state index in [0.717, 1.165) is 31.5 Å². The zero-order valence-electron chi connectivity index (χ0n) is 15.8. The molecule has 0 saturated carbocycles. The second-order valence-corrected chi connectivity index (χ2v) is 7.37. The summed E-state index contributed by atoms with van der Waals surface area (Å²) in [6.45, 7) is 5.00.